The van der Waals surface area contributed by atoms with Gasteiger partial charge in [0.25, 0.3) is 0 Å². The minimum Gasteiger partial charge on any atom is -0.359 e. The molecule has 15 heavy (non-hydrogen) atoms. The van der Waals surface area contributed by atoms with Crippen molar-refractivity contribution in [3.63, 3.8) is 0 Å². The van der Waals surface area contributed by atoms with E-state index in [2.05, 4.69) is 20.9 Å². The molecule has 84 valence electrons. The molecule has 0 aliphatic heterocycles. The Morgan fingerprint density at radius 2 is 2.07 bits per heavy atom. The molecule has 0 fully saturated rings. The van der Waals surface area contributed by atoms with E-state index in [0.717, 1.165) is 17.6 Å². The molecule has 0 bridgehead atoms. The predicted octanol–water partition coefficient (Wildman–Crippen LogP) is 2.93. The van der Waals surface area contributed by atoms with E-state index < -0.39 is 11.7 Å². The Morgan fingerprint density at radius 3 is 2.47 bits per heavy atom. The van der Waals surface area contributed by atoms with Crippen LogP contribution in [0.25, 0.3) is 0 Å². The second-order valence-corrected chi connectivity index (χ2v) is 3.81. The molecule has 1 aromatic heterocycles. The largest absolute Gasteiger partial charge is 0.417 e. The Morgan fingerprint density at radius 1 is 1.40 bits per heavy atom. The summed E-state index contributed by atoms with van der Waals surface area (Å²) in [5.41, 5.74) is -0.724. The maximum absolute atomic E-state index is 12.2. The Hall–Kier alpha value is -0.780. The van der Waals surface area contributed by atoms with Crippen LogP contribution in [-0.4, -0.2) is 23.9 Å². The highest BCUT2D eigenvalue weighted by Gasteiger charge is 2.30. The van der Waals surface area contributed by atoms with E-state index in [4.69, 9.17) is 0 Å². The summed E-state index contributed by atoms with van der Waals surface area (Å²) in [4.78, 5) is 5.52. The van der Waals surface area contributed by atoms with E-state index in [-0.39, 0.29) is 0 Å². The van der Waals surface area contributed by atoms with Crippen LogP contribution in [0.2, 0.25) is 0 Å². The van der Waals surface area contributed by atoms with Gasteiger partial charge >= 0.3 is 6.18 Å². The first-order chi connectivity index (χ1) is 6.95. The molecule has 2 nitrogen and oxygen atoms in total. The van der Waals surface area contributed by atoms with Gasteiger partial charge in [-0.3, -0.25) is 0 Å². The van der Waals surface area contributed by atoms with Crippen molar-refractivity contribution in [3.8, 4) is 0 Å². The van der Waals surface area contributed by atoms with E-state index in [1.807, 2.05) is 0 Å². The standard InChI is InChI=1S/C9H10BrF3N2/c1-15(5-4-10)8-3-2-7(6-14-8)9(11,12)13/h2-3,6H,4-5H2,1H3. The smallest absolute Gasteiger partial charge is 0.359 e. The predicted molar refractivity (Wildman–Crippen MR) is 56.3 cm³/mol. The molecule has 6 heteroatoms. The fraction of sp³-hybridized carbons (Fsp3) is 0.444. The molecule has 0 radical (unpaired) electrons. The summed E-state index contributed by atoms with van der Waals surface area (Å²) in [7, 11) is 1.77. The monoisotopic (exact) mass is 282 g/mol. The molecule has 0 unspecified atom stereocenters. The molecular formula is C9H10BrF3N2. The maximum Gasteiger partial charge on any atom is 0.417 e. The third kappa shape index (κ3) is 3.37. The molecule has 0 aromatic carbocycles. The highest BCUT2D eigenvalue weighted by Crippen LogP contribution is 2.29. The Kier molecular flexibility index (Phi) is 3.96. The molecule has 1 rings (SSSR count). The van der Waals surface area contributed by atoms with Gasteiger partial charge in [0.05, 0.1) is 5.56 Å². The number of hydrogen-bond donors (Lipinski definition) is 0. The quantitative estimate of drug-likeness (QED) is 0.793. The number of anilines is 1. The van der Waals surface area contributed by atoms with Crippen molar-refractivity contribution in [2.24, 2.45) is 0 Å². The van der Waals surface area contributed by atoms with Crippen LogP contribution in [0.1, 0.15) is 5.56 Å². The zero-order chi connectivity index (χ0) is 11.5. The van der Waals surface area contributed by atoms with Crippen molar-refractivity contribution < 1.29 is 13.2 Å². The molecule has 0 amide bonds. The first-order valence-corrected chi connectivity index (χ1v) is 5.37. The van der Waals surface area contributed by atoms with Crippen LogP contribution in [-0.2, 0) is 6.18 Å². The molecule has 1 heterocycles. The third-order valence-corrected chi connectivity index (χ3v) is 2.24. The van der Waals surface area contributed by atoms with E-state index in [1.54, 1.807) is 11.9 Å². The Bertz CT molecular complexity index is 310. The van der Waals surface area contributed by atoms with E-state index >= 15 is 0 Å². The van der Waals surface area contributed by atoms with Crippen LogP contribution >= 0.6 is 15.9 Å². The van der Waals surface area contributed by atoms with Crippen LogP contribution in [0.5, 0.6) is 0 Å². The SMILES string of the molecule is CN(CCBr)c1ccc(C(F)(F)F)cn1. The van der Waals surface area contributed by atoms with Crippen LogP contribution in [0.4, 0.5) is 19.0 Å². The van der Waals surface area contributed by atoms with Gasteiger partial charge in [-0.05, 0) is 12.1 Å². The van der Waals surface area contributed by atoms with E-state index in [1.165, 1.54) is 6.07 Å². The number of hydrogen-bond acceptors (Lipinski definition) is 2. The molecule has 0 aliphatic rings. The number of pyridine rings is 1. The number of halogens is 4. The van der Waals surface area contributed by atoms with Crippen molar-refractivity contribution in [1.82, 2.24) is 4.98 Å². The van der Waals surface area contributed by atoms with Gasteiger partial charge in [0, 0.05) is 25.1 Å². The summed E-state index contributed by atoms with van der Waals surface area (Å²) < 4.78 is 36.6. The first kappa shape index (κ1) is 12.3. The highest BCUT2D eigenvalue weighted by molar-refractivity contribution is 9.09. The molecular weight excluding hydrogens is 273 g/mol. The van der Waals surface area contributed by atoms with Gasteiger partial charge in [0.2, 0.25) is 0 Å². The van der Waals surface area contributed by atoms with Crippen molar-refractivity contribution >= 4 is 21.7 Å². The second-order valence-electron chi connectivity index (χ2n) is 3.01. The summed E-state index contributed by atoms with van der Waals surface area (Å²) in [6, 6.07) is 2.40. The van der Waals surface area contributed by atoms with Gasteiger partial charge in [0.15, 0.2) is 0 Å². The summed E-state index contributed by atoms with van der Waals surface area (Å²) in [6.45, 7) is 0.693. The lowest BCUT2D eigenvalue weighted by Crippen LogP contribution is -2.20. The summed E-state index contributed by atoms with van der Waals surface area (Å²) >= 11 is 3.24. The third-order valence-electron chi connectivity index (χ3n) is 1.89. The van der Waals surface area contributed by atoms with Crippen molar-refractivity contribution in [2.75, 3.05) is 23.8 Å². The summed E-state index contributed by atoms with van der Waals surface area (Å²) in [5.74, 6) is 0.530. The van der Waals surface area contributed by atoms with Crippen molar-refractivity contribution in [1.29, 1.82) is 0 Å². The number of aromatic nitrogens is 1. The average molecular weight is 283 g/mol. The molecule has 0 saturated carbocycles. The van der Waals surface area contributed by atoms with Gasteiger partial charge in [0.1, 0.15) is 5.82 Å². The Balaban J connectivity index is 2.81. The minimum atomic E-state index is -4.32. The van der Waals surface area contributed by atoms with Crippen LogP contribution in [0, 0.1) is 0 Å². The lowest BCUT2D eigenvalue weighted by Gasteiger charge is -2.17. The fourth-order valence-corrected chi connectivity index (χ4v) is 1.55. The van der Waals surface area contributed by atoms with Gasteiger partial charge < -0.3 is 4.90 Å². The van der Waals surface area contributed by atoms with Crippen LogP contribution in [0.15, 0.2) is 18.3 Å². The number of nitrogens with zero attached hydrogens (tertiary/aromatic N) is 2. The highest BCUT2D eigenvalue weighted by atomic mass is 79.9. The van der Waals surface area contributed by atoms with Gasteiger partial charge in [-0.2, -0.15) is 13.2 Å². The summed E-state index contributed by atoms with van der Waals surface area (Å²) in [6.07, 6.45) is -3.47. The van der Waals surface area contributed by atoms with Gasteiger partial charge in [-0.15, -0.1) is 0 Å². The van der Waals surface area contributed by atoms with Crippen molar-refractivity contribution in [3.05, 3.63) is 23.9 Å². The molecule has 0 saturated heterocycles. The molecule has 0 atom stereocenters. The first-order valence-electron chi connectivity index (χ1n) is 4.25. The van der Waals surface area contributed by atoms with Crippen molar-refractivity contribution in [2.45, 2.75) is 6.18 Å². The average Bonchev–Trinajstić information content (AvgIpc) is 2.17. The maximum atomic E-state index is 12.2. The number of alkyl halides is 4. The fourth-order valence-electron chi connectivity index (χ4n) is 1.02. The molecule has 0 N–H and O–H groups in total. The van der Waals surface area contributed by atoms with Crippen LogP contribution in [0.3, 0.4) is 0 Å². The minimum absolute atomic E-state index is 0.530. The zero-order valence-corrected chi connectivity index (χ0v) is 9.64. The van der Waals surface area contributed by atoms with Gasteiger partial charge in [-0.25, -0.2) is 4.98 Å². The number of rotatable bonds is 3. The lowest BCUT2D eigenvalue weighted by molar-refractivity contribution is -0.137. The molecule has 0 aliphatic carbocycles. The van der Waals surface area contributed by atoms with Gasteiger partial charge in [-0.1, -0.05) is 15.9 Å². The lowest BCUT2D eigenvalue weighted by atomic mass is 10.3. The van der Waals surface area contributed by atoms with E-state index in [0.29, 0.717) is 12.4 Å². The molecule has 0 spiro atoms. The second kappa shape index (κ2) is 4.83. The zero-order valence-electron chi connectivity index (χ0n) is 8.05. The Labute approximate surface area is 94.2 Å². The van der Waals surface area contributed by atoms with E-state index in [9.17, 15) is 13.2 Å². The molecule has 1 aromatic rings. The normalized spacial score (nSPS) is 11.5. The van der Waals surface area contributed by atoms with Crippen LogP contribution < -0.4 is 4.90 Å². The summed E-state index contributed by atoms with van der Waals surface area (Å²) in [5, 5.41) is 0.742. The topological polar surface area (TPSA) is 16.1 Å².